The van der Waals surface area contributed by atoms with Crippen LogP contribution in [-0.2, 0) is 11.8 Å². The summed E-state index contributed by atoms with van der Waals surface area (Å²) in [7, 11) is 1.82. The van der Waals surface area contributed by atoms with Crippen LogP contribution >= 0.6 is 35.0 Å². The van der Waals surface area contributed by atoms with E-state index in [0.29, 0.717) is 32.5 Å². The fraction of sp³-hybridized carbons (Fsp3) is 0.524. The second-order valence-electron chi connectivity index (χ2n) is 7.95. The van der Waals surface area contributed by atoms with Crippen LogP contribution in [0, 0.1) is 5.92 Å². The average molecular weight is 484 g/mol. The van der Waals surface area contributed by atoms with E-state index in [9.17, 15) is 9.59 Å². The van der Waals surface area contributed by atoms with E-state index >= 15 is 0 Å². The topological polar surface area (TPSA) is 88.9 Å². The highest BCUT2D eigenvalue weighted by atomic mass is 35.5. The van der Waals surface area contributed by atoms with Crippen molar-refractivity contribution in [1.29, 1.82) is 0 Å². The van der Waals surface area contributed by atoms with Gasteiger partial charge in [0.05, 0.1) is 21.8 Å². The van der Waals surface area contributed by atoms with Gasteiger partial charge in [-0.05, 0) is 43.9 Å². The molecule has 168 valence electrons. The number of halogens is 2. The molecule has 31 heavy (non-hydrogen) atoms. The first-order valence-electron chi connectivity index (χ1n) is 10.3. The molecule has 0 unspecified atom stereocenters. The van der Waals surface area contributed by atoms with Gasteiger partial charge in [0, 0.05) is 18.7 Å². The molecule has 7 nitrogen and oxygen atoms in total. The van der Waals surface area contributed by atoms with E-state index in [0.717, 1.165) is 12.8 Å². The largest absolute Gasteiger partial charge is 0.352 e. The SMILES string of the molecule is C[C@H](NC(=O)c1ccc(Cl)c(Cl)c1)c1nnc(SCC(=O)N[C@H]2CCCC[C@@H]2C)n1C. The smallest absolute Gasteiger partial charge is 0.251 e. The summed E-state index contributed by atoms with van der Waals surface area (Å²) in [6.45, 7) is 4.02. The van der Waals surface area contributed by atoms with Crippen molar-refractivity contribution in [1.82, 2.24) is 25.4 Å². The van der Waals surface area contributed by atoms with Crippen molar-refractivity contribution in [2.75, 3.05) is 5.75 Å². The van der Waals surface area contributed by atoms with Crippen LogP contribution in [0.5, 0.6) is 0 Å². The van der Waals surface area contributed by atoms with E-state index in [1.165, 1.54) is 30.7 Å². The van der Waals surface area contributed by atoms with Crippen molar-refractivity contribution in [3.63, 3.8) is 0 Å². The van der Waals surface area contributed by atoms with Crippen LogP contribution in [0.1, 0.15) is 61.8 Å². The van der Waals surface area contributed by atoms with Gasteiger partial charge < -0.3 is 15.2 Å². The normalized spacial score (nSPS) is 19.6. The molecule has 0 bridgehead atoms. The number of hydrogen-bond donors (Lipinski definition) is 2. The van der Waals surface area contributed by atoms with Crippen molar-refractivity contribution in [3.05, 3.63) is 39.6 Å². The van der Waals surface area contributed by atoms with Gasteiger partial charge in [0.25, 0.3) is 5.91 Å². The van der Waals surface area contributed by atoms with Crippen LogP contribution < -0.4 is 10.6 Å². The first-order valence-corrected chi connectivity index (χ1v) is 12.1. The van der Waals surface area contributed by atoms with Gasteiger partial charge in [0.1, 0.15) is 0 Å². The fourth-order valence-corrected chi connectivity index (χ4v) is 4.75. The molecule has 0 spiro atoms. The maximum Gasteiger partial charge on any atom is 0.251 e. The lowest BCUT2D eigenvalue weighted by atomic mass is 9.86. The molecule has 1 aliphatic rings. The predicted molar refractivity (Wildman–Crippen MR) is 124 cm³/mol. The number of thioether (sulfide) groups is 1. The summed E-state index contributed by atoms with van der Waals surface area (Å²) in [6, 6.07) is 4.59. The second-order valence-corrected chi connectivity index (χ2v) is 9.71. The Balaban J connectivity index is 1.55. The number of nitrogens with one attached hydrogen (secondary N) is 2. The fourth-order valence-electron chi connectivity index (χ4n) is 3.72. The lowest BCUT2D eigenvalue weighted by molar-refractivity contribution is -0.119. The molecule has 0 aliphatic heterocycles. The summed E-state index contributed by atoms with van der Waals surface area (Å²) in [4.78, 5) is 24.9. The molecule has 3 atom stereocenters. The minimum Gasteiger partial charge on any atom is -0.352 e. The lowest BCUT2D eigenvalue weighted by Crippen LogP contribution is -2.41. The highest BCUT2D eigenvalue weighted by molar-refractivity contribution is 7.99. The van der Waals surface area contributed by atoms with Gasteiger partial charge >= 0.3 is 0 Å². The summed E-state index contributed by atoms with van der Waals surface area (Å²) in [6.07, 6.45) is 4.61. The molecular formula is C21H27Cl2N5O2S. The Kier molecular flexibility index (Phi) is 8.24. The van der Waals surface area contributed by atoms with Gasteiger partial charge in [0.2, 0.25) is 5.91 Å². The van der Waals surface area contributed by atoms with Crippen LogP contribution in [0.2, 0.25) is 10.0 Å². The van der Waals surface area contributed by atoms with Crippen LogP contribution in [0.4, 0.5) is 0 Å². The van der Waals surface area contributed by atoms with E-state index in [1.54, 1.807) is 16.7 Å². The van der Waals surface area contributed by atoms with Crippen molar-refractivity contribution >= 4 is 46.8 Å². The molecule has 0 saturated heterocycles. The van der Waals surface area contributed by atoms with E-state index in [-0.39, 0.29) is 29.7 Å². The Morgan fingerprint density at radius 3 is 2.68 bits per heavy atom. The number of rotatable bonds is 7. The third-order valence-electron chi connectivity index (χ3n) is 5.58. The zero-order valence-corrected chi connectivity index (χ0v) is 20.2. The van der Waals surface area contributed by atoms with Crippen LogP contribution in [-0.4, -0.2) is 38.4 Å². The van der Waals surface area contributed by atoms with E-state index < -0.39 is 0 Å². The van der Waals surface area contributed by atoms with Crippen LogP contribution in [0.3, 0.4) is 0 Å². The third-order valence-corrected chi connectivity index (χ3v) is 7.33. The molecule has 10 heteroatoms. The van der Waals surface area contributed by atoms with E-state index in [4.69, 9.17) is 23.2 Å². The standard InChI is InChI=1S/C21H27Cl2N5O2S/c1-12-6-4-5-7-17(12)25-18(29)11-31-21-27-26-19(28(21)3)13(2)24-20(30)14-8-9-15(22)16(23)10-14/h8-10,12-13,17H,4-7,11H2,1-3H3,(H,24,30)(H,25,29)/t12-,13-,17-/m0/s1. The zero-order valence-electron chi connectivity index (χ0n) is 17.8. The molecule has 1 fully saturated rings. The van der Waals surface area contributed by atoms with E-state index in [1.807, 2.05) is 14.0 Å². The minimum atomic E-state index is -0.384. The Hall–Kier alpha value is -1.77. The van der Waals surface area contributed by atoms with Crippen molar-refractivity contribution in [2.45, 2.75) is 56.8 Å². The van der Waals surface area contributed by atoms with Crippen molar-refractivity contribution < 1.29 is 9.59 Å². The van der Waals surface area contributed by atoms with Gasteiger partial charge in [-0.1, -0.05) is 54.7 Å². The number of amides is 2. The second kappa shape index (κ2) is 10.7. The van der Waals surface area contributed by atoms with Crippen molar-refractivity contribution in [2.24, 2.45) is 13.0 Å². The number of carbonyl (C=O) groups excluding carboxylic acids is 2. The molecule has 1 heterocycles. The molecule has 1 aromatic carbocycles. The molecule has 1 saturated carbocycles. The Labute approximate surface area is 196 Å². The van der Waals surface area contributed by atoms with Crippen LogP contribution in [0.25, 0.3) is 0 Å². The number of carbonyl (C=O) groups is 2. The van der Waals surface area contributed by atoms with Gasteiger partial charge in [-0.15, -0.1) is 10.2 Å². The van der Waals surface area contributed by atoms with Crippen molar-refractivity contribution in [3.8, 4) is 0 Å². The van der Waals surface area contributed by atoms with Gasteiger partial charge in [-0.2, -0.15) is 0 Å². The average Bonchev–Trinajstić information content (AvgIpc) is 3.10. The maximum absolute atomic E-state index is 12.5. The molecule has 0 radical (unpaired) electrons. The summed E-state index contributed by atoms with van der Waals surface area (Å²) >= 11 is 13.2. The highest BCUT2D eigenvalue weighted by Crippen LogP contribution is 2.25. The van der Waals surface area contributed by atoms with Gasteiger partial charge in [0.15, 0.2) is 11.0 Å². The first kappa shape index (κ1) is 23.9. The molecule has 1 aromatic heterocycles. The molecule has 3 rings (SSSR count). The summed E-state index contributed by atoms with van der Waals surface area (Å²) < 4.78 is 1.79. The number of aromatic nitrogens is 3. The summed E-state index contributed by atoms with van der Waals surface area (Å²) in [5.74, 6) is 1.11. The maximum atomic E-state index is 12.5. The molecule has 2 amide bonds. The number of benzene rings is 1. The summed E-state index contributed by atoms with van der Waals surface area (Å²) in [5.41, 5.74) is 0.409. The quantitative estimate of drug-likeness (QED) is 0.569. The van der Waals surface area contributed by atoms with Gasteiger partial charge in [-0.3, -0.25) is 9.59 Å². The monoisotopic (exact) mass is 483 g/mol. The Bertz CT molecular complexity index is 952. The Morgan fingerprint density at radius 1 is 1.23 bits per heavy atom. The Morgan fingerprint density at radius 2 is 1.97 bits per heavy atom. The van der Waals surface area contributed by atoms with Gasteiger partial charge in [-0.25, -0.2) is 0 Å². The predicted octanol–water partition coefficient (Wildman–Crippen LogP) is 4.40. The zero-order chi connectivity index (χ0) is 22.5. The third kappa shape index (κ3) is 6.14. The van der Waals surface area contributed by atoms with Crippen LogP contribution in [0.15, 0.2) is 23.4 Å². The molecule has 2 N–H and O–H groups in total. The highest BCUT2D eigenvalue weighted by Gasteiger charge is 2.23. The lowest BCUT2D eigenvalue weighted by Gasteiger charge is -2.29. The first-order chi connectivity index (χ1) is 14.8. The molecule has 1 aliphatic carbocycles. The molecular weight excluding hydrogens is 457 g/mol. The minimum absolute atomic E-state index is 0.00858. The summed E-state index contributed by atoms with van der Waals surface area (Å²) in [5, 5.41) is 15.7. The van der Waals surface area contributed by atoms with E-state index in [2.05, 4.69) is 27.8 Å². The number of nitrogens with zero attached hydrogens (tertiary/aromatic N) is 3. The molecule has 2 aromatic rings. The number of hydrogen-bond acceptors (Lipinski definition) is 5.